The predicted molar refractivity (Wildman–Crippen MR) is 109 cm³/mol. The zero-order chi connectivity index (χ0) is 20.5. The predicted octanol–water partition coefficient (Wildman–Crippen LogP) is 1.30. The highest BCUT2D eigenvalue weighted by Gasteiger charge is 2.38. The molecule has 5 aliphatic rings. The zero-order valence-electron chi connectivity index (χ0n) is 17.1. The van der Waals surface area contributed by atoms with Gasteiger partial charge in [0.15, 0.2) is 0 Å². The molecule has 2 atom stereocenters. The van der Waals surface area contributed by atoms with Gasteiger partial charge in [-0.25, -0.2) is 4.68 Å². The fourth-order valence-corrected chi connectivity index (χ4v) is 4.78. The van der Waals surface area contributed by atoms with E-state index >= 15 is 0 Å². The number of amides is 2. The minimum atomic E-state index is 0.119. The summed E-state index contributed by atoms with van der Waals surface area (Å²) in [7, 11) is 0. The summed E-state index contributed by atoms with van der Waals surface area (Å²) in [4.78, 5) is 30.0. The molecule has 3 fully saturated rings. The van der Waals surface area contributed by atoms with Gasteiger partial charge in [-0.2, -0.15) is 0 Å². The minimum absolute atomic E-state index is 0.119. The quantitative estimate of drug-likeness (QED) is 0.655. The molecule has 0 aliphatic carbocycles. The first-order valence-electron chi connectivity index (χ1n) is 10.8. The maximum Gasteiger partial charge on any atom is 0.227 e. The molecule has 6 heterocycles. The first kappa shape index (κ1) is 19.1. The van der Waals surface area contributed by atoms with Gasteiger partial charge in [-0.05, 0) is 36.5 Å². The second kappa shape index (κ2) is 8.08. The second-order valence-electron chi connectivity index (χ2n) is 8.58. The van der Waals surface area contributed by atoms with Crippen molar-refractivity contribution in [2.24, 2.45) is 5.92 Å². The molecular formula is C22H27N5O3. The lowest BCUT2D eigenvalue weighted by atomic mass is 9.94. The van der Waals surface area contributed by atoms with Crippen LogP contribution in [0, 0.1) is 5.92 Å². The van der Waals surface area contributed by atoms with Crippen molar-refractivity contribution in [1.29, 1.82) is 0 Å². The Morgan fingerprint density at radius 2 is 1.83 bits per heavy atom. The first-order valence-corrected chi connectivity index (χ1v) is 10.8. The second-order valence-corrected chi connectivity index (χ2v) is 8.58. The lowest BCUT2D eigenvalue weighted by Crippen LogP contribution is -2.47. The minimum Gasteiger partial charge on any atom is -0.492 e. The highest BCUT2D eigenvalue weighted by atomic mass is 16.5. The van der Waals surface area contributed by atoms with E-state index in [9.17, 15) is 9.59 Å². The Morgan fingerprint density at radius 3 is 2.70 bits per heavy atom. The van der Waals surface area contributed by atoms with E-state index < -0.39 is 0 Å². The SMILES string of the molecule is O=C1Cc2ccc(cc2)OCCn2cc(nn2)CCC(=O)N2C[C@@H]3CC[C@H]2CN1C3. The van der Waals surface area contributed by atoms with Gasteiger partial charge in [0.05, 0.1) is 18.7 Å². The molecule has 0 spiro atoms. The number of fused-ring (bicyclic) bond motifs is 8. The lowest BCUT2D eigenvalue weighted by Gasteiger charge is -2.36. The van der Waals surface area contributed by atoms with E-state index in [0.717, 1.165) is 42.9 Å². The van der Waals surface area contributed by atoms with Crippen molar-refractivity contribution in [1.82, 2.24) is 24.8 Å². The molecule has 0 radical (unpaired) electrons. The number of rotatable bonds is 0. The number of hydrogen-bond acceptors (Lipinski definition) is 5. The van der Waals surface area contributed by atoms with Crippen LogP contribution in [-0.4, -0.2) is 68.9 Å². The Hall–Kier alpha value is -2.90. The van der Waals surface area contributed by atoms with Gasteiger partial charge in [-0.1, -0.05) is 17.3 Å². The summed E-state index contributed by atoms with van der Waals surface area (Å²) in [5.74, 6) is 1.44. The monoisotopic (exact) mass is 409 g/mol. The van der Waals surface area contributed by atoms with Gasteiger partial charge in [0.1, 0.15) is 12.4 Å². The normalized spacial score (nSPS) is 24.9. The molecule has 8 heteroatoms. The molecule has 0 unspecified atom stereocenters. The van der Waals surface area contributed by atoms with Gasteiger partial charge in [-0.3, -0.25) is 9.59 Å². The summed E-state index contributed by atoms with van der Waals surface area (Å²) < 4.78 is 7.55. The van der Waals surface area contributed by atoms with Crippen LogP contribution in [0.15, 0.2) is 30.5 Å². The van der Waals surface area contributed by atoms with Crippen molar-refractivity contribution >= 4 is 11.8 Å². The smallest absolute Gasteiger partial charge is 0.227 e. The number of carbonyl (C=O) groups is 2. The molecule has 2 aromatic rings. The number of aromatic nitrogens is 3. The highest BCUT2D eigenvalue weighted by Crippen LogP contribution is 2.29. The molecular weight excluding hydrogens is 382 g/mol. The average Bonchev–Trinajstić information content (AvgIpc) is 2.99. The Morgan fingerprint density at radius 1 is 0.967 bits per heavy atom. The summed E-state index contributed by atoms with van der Waals surface area (Å²) in [5, 5.41) is 8.35. The van der Waals surface area contributed by atoms with Gasteiger partial charge in [0.2, 0.25) is 11.8 Å². The van der Waals surface area contributed by atoms with Gasteiger partial charge in [-0.15, -0.1) is 5.10 Å². The van der Waals surface area contributed by atoms with Crippen molar-refractivity contribution in [2.45, 2.75) is 44.7 Å². The summed E-state index contributed by atoms with van der Waals surface area (Å²) in [6.45, 7) is 3.20. The zero-order valence-corrected chi connectivity index (χ0v) is 17.1. The molecule has 2 amide bonds. The summed E-state index contributed by atoms with van der Waals surface area (Å²) in [6.07, 6.45) is 5.34. The molecule has 5 aliphatic heterocycles. The van der Waals surface area contributed by atoms with Crippen LogP contribution in [0.25, 0.3) is 0 Å². The van der Waals surface area contributed by atoms with Crippen LogP contribution in [0.3, 0.4) is 0 Å². The molecule has 1 aromatic heterocycles. The standard InChI is InChI=1S/C22H27N5O3/c28-21-8-4-18-14-26(24-23-18)9-10-30-20-6-2-16(3-7-20)11-22(29)25-12-17-1-5-19(15-25)27(21)13-17/h2-3,6-7,14,17,19H,1,4-5,8-13,15H2/t17-,19+/m1/s1. The number of carbonyl (C=O) groups excluding carboxylic acids is 2. The van der Waals surface area contributed by atoms with Crippen molar-refractivity contribution in [2.75, 3.05) is 26.2 Å². The lowest BCUT2D eigenvalue weighted by molar-refractivity contribution is -0.136. The number of hydrogen-bond donors (Lipinski definition) is 0. The number of benzene rings is 1. The first-order chi connectivity index (χ1) is 14.6. The summed E-state index contributed by atoms with van der Waals surface area (Å²) in [5.41, 5.74) is 1.80. The van der Waals surface area contributed by atoms with Crippen LogP contribution in [-0.2, 0) is 29.0 Å². The van der Waals surface area contributed by atoms with E-state index in [2.05, 4.69) is 10.3 Å². The van der Waals surface area contributed by atoms with E-state index in [0.29, 0.717) is 44.9 Å². The molecule has 0 saturated carbocycles. The molecule has 7 rings (SSSR count). The largest absolute Gasteiger partial charge is 0.492 e. The van der Waals surface area contributed by atoms with E-state index in [1.165, 1.54) is 0 Å². The topological polar surface area (TPSA) is 80.6 Å². The molecule has 3 saturated heterocycles. The van der Waals surface area contributed by atoms with Crippen LogP contribution in [0.1, 0.15) is 30.5 Å². The summed E-state index contributed by atoms with van der Waals surface area (Å²) in [6, 6.07) is 7.86. The number of nitrogens with zero attached hydrogens (tertiary/aromatic N) is 5. The van der Waals surface area contributed by atoms with Crippen molar-refractivity contribution < 1.29 is 14.3 Å². The van der Waals surface area contributed by atoms with E-state index in [1.54, 1.807) is 4.68 Å². The van der Waals surface area contributed by atoms with Crippen LogP contribution >= 0.6 is 0 Å². The van der Waals surface area contributed by atoms with Gasteiger partial charge >= 0.3 is 0 Å². The third kappa shape index (κ3) is 4.04. The fourth-order valence-electron chi connectivity index (χ4n) is 4.78. The Bertz CT molecular complexity index is 925. The van der Waals surface area contributed by atoms with Crippen LogP contribution < -0.4 is 4.74 Å². The van der Waals surface area contributed by atoms with Gasteiger partial charge < -0.3 is 14.5 Å². The molecule has 0 N–H and O–H groups in total. The molecule has 8 nitrogen and oxygen atoms in total. The summed E-state index contributed by atoms with van der Waals surface area (Å²) >= 11 is 0. The van der Waals surface area contributed by atoms with Crippen LogP contribution in [0.5, 0.6) is 5.75 Å². The van der Waals surface area contributed by atoms with Crippen LogP contribution in [0.2, 0.25) is 0 Å². The molecule has 8 bridgehead atoms. The van der Waals surface area contributed by atoms with Gasteiger partial charge in [0, 0.05) is 44.7 Å². The maximum absolute atomic E-state index is 13.0. The van der Waals surface area contributed by atoms with E-state index in [-0.39, 0.29) is 17.9 Å². The fraction of sp³-hybridized carbons (Fsp3) is 0.545. The van der Waals surface area contributed by atoms with Crippen molar-refractivity contribution in [3.8, 4) is 5.75 Å². The van der Waals surface area contributed by atoms with Crippen molar-refractivity contribution in [3.05, 3.63) is 41.7 Å². The number of piperidine rings is 1. The molecule has 30 heavy (non-hydrogen) atoms. The maximum atomic E-state index is 13.0. The highest BCUT2D eigenvalue weighted by molar-refractivity contribution is 5.80. The Kier molecular flexibility index (Phi) is 5.14. The van der Waals surface area contributed by atoms with E-state index in [1.807, 2.05) is 40.3 Å². The number of ether oxygens (including phenoxy) is 1. The molecule has 1 aromatic carbocycles. The van der Waals surface area contributed by atoms with Crippen molar-refractivity contribution in [3.63, 3.8) is 0 Å². The Balaban J connectivity index is 1.40. The van der Waals surface area contributed by atoms with Gasteiger partial charge in [0.25, 0.3) is 0 Å². The number of aryl methyl sites for hydroxylation is 1. The van der Waals surface area contributed by atoms with Crippen LogP contribution in [0.4, 0.5) is 0 Å². The van der Waals surface area contributed by atoms with E-state index in [4.69, 9.17) is 4.74 Å². The third-order valence-corrected chi connectivity index (χ3v) is 6.44. The Labute approximate surface area is 175 Å². The third-order valence-electron chi connectivity index (χ3n) is 6.44. The average molecular weight is 409 g/mol. The molecule has 158 valence electrons.